The van der Waals surface area contributed by atoms with E-state index < -0.39 is 0 Å². The molecule has 0 bridgehead atoms. The molecule has 9 heteroatoms. The molecular weight excluding hydrogens is 344 g/mol. The number of halogens is 1. The maximum Gasteiger partial charge on any atom is 0.225 e. The van der Waals surface area contributed by atoms with Gasteiger partial charge in [-0.2, -0.15) is 0 Å². The van der Waals surface area contributed by atoms with E-state index in [9.17, 15) is 9.59 Å². The van der Waals surface area contributed by atoms with Crippen LogP contribution in [0.15, 0.2) is 30.6 Å². The van der Waals surface area contributed by atoms with Crippen molar-refractivity contribution in [2.45, 2.75) is 38.4 Å². The van der Waals surface area contributed by atoms with E-state index in [1.54, 1.807) is 15.6 Å². The lowest BCUT2D eigenvalue weighted by Crippen LogP contribution is -2.37. The van der Waals surface area contributed by atoms with Crippen molar-refractivity contribution in [2.24, 2.45) is 0 Å². The van der Waals surface area contributed by atoms with Crippen LogP contribution in [0.4, 0.5) is 0 Å². The van der Waals surface area contributed by atoms with E-state index in [2.05, 4.69) is 20.8 Å². The molecule has 0 aliphatic carbocycles. The Hall–Kier alpha value is -2.48. The fraction of sp³-hybridized carbons (Fsp3) is 0.438. The molecule has 25 heavy (non-hydrogen) atoms. The first kappa shape index (κ1) is 17.3. The zero-order valence-electron chi connectivity index (χ0n) is 13.6. The van der Waals surface area contributed by atoms with Gasteiger partial charge in [0.2, 0.25) is 11.8 Å². The van der Waals surface area contributed by atoms with Crippen LogP contribution < -0.4 is 5.32 Å². The molecule has 0 saturated carbocycles. The number of carbonyl (C=O) groups is 2. The number of nitrogens with one attached hydrogen (secondary N) is 1. The van der Waals surface area contributed by atoms with Gasteiger partial charge in [0.1, 0.15) is 6.33 Å². The third-order valence-electron chi connectivity index (χ3n) is 4.08. The predicted octanol–water partition coefficient (Wildman–Crippen LogP) is 1.02. The van der Waals surface area contributed by atoms with Crippen LogP contribution in [0.25, 0.3) is 0 Å². The van der Waals surface area contributed by atoms with E-state index in [1.807, 2.05) is 18.2 Å². The molecule has 132 valence electrons. The number of amides is 2. The third-order valence-corrected chi connectivity index (χ3v) is 4.45. The summed E-state index contributed by atoms with van der Waals surface area (Å²) in [7, 11) is 0. The highest BCUT2D eigenvalue weighted by Gasteiger charge is 2.30. The van der Waals surface area contributed by atoms with Gasteiger partial charge in [0, 0.05) is 37.5 Å². The molecule has 1 aliphatic rings. The van der Waals surface area contributed by atoms with Crippen LogP contribution in [0.1, 0.15) is 24.8 Å². The predicted molar refractivity (Wildman–Crippen MR) is 90.5 cm³/mol. The monoisotopic (exact) mass is 362 g/mol. The highest BCUT2D eigenvalue weighted by atomic mass is 35.5. The zero-order chi connectivity index (χ0) is 17.6. The van der Waals surface area contributed by atoms with Gasteiger partial charge in [-0.25, -0.2) is 4.68 Å². The molecule has 2 amide bonds. The first-order chi connectivity index (χ1) is 12.1. The normalized spacial score (nSPS) is 17.1. The molecule has 1 aromatic carbocycles. The van der Waals surface area contributed by atoms with Gasteiger partial charge >= 0.3 is 0 Å². The van der Waals surface area contributed by atoms with Gasteiger partial charge < -0.3 is 10.2 Å². The Kier molecular flexibility index (Phi) is 5.60. The smallest absolute Gasteiger partial charge is 0.225 e. The summed E-state index contributed by atoms with van der Waals surface area (Å²) in [6, 6.07) is 7.30. The van der Waals surface area contributed by atoms with Crippen molar-refractivity contribution in [3.8, 4) is 0 Å². The summed E-state index contributed by atoms with van der Waals surface area (Å²) in [6.45, 7) is 1.55. The molecule has 2 aromatic rings. The van der Waals surface area contributed by atoms with Gasteiger partial charge in [-0.15, -0.1) is 5.10 Å². The molecule has 0 radical (unpaired) electrons. The molecule has 1 atom stereocenters. The van der Waals surface area contributed by atoms with Crippen molar-refractivity contribution in [3.63, 3.8) is 0 Å². The fourth-order valence-electron chi connectivity index (χ4n) is 2.84. The summed E-state index contributed by atoms with van der Waals surface area (Å²) in [4.78, 5) is 25.9. The number of aromatic nitrogens is 4. The summed E-state index contributed by atoms with van der Waals surface area (Å²) >= 11 is 6.15. The summed E-state index contributed by atoms with van der Waals surface area (Å²) in [5, 5.41) is 14.4. The number of aryl methyl sites for hydroxylation is 1. The SMILES string of the molecule is O=C(CCCn1cnnn1)NC1CC(=O)N(Cc2ccccc2Cl)C1. The van der Waals surface area contributed by atoms with Crippen molar-refractivity contribution in [1.29, 1.82) is 0 Å². The van der Waals surface area contributed by atoms with E-state index in [4.69, 9.17) is 11.6 Å². The lowest BCUT2D eigenvalue weighted by molar-refractivity contribution is -0.128. The zero-order valence-corrected chi connectivity index (χ0v) is 14.4. The average molecular weight is 363 g/mol. The number of rotatable bonds is 7. The molecule has 1 saturated heterocycles. The van der Waals surface area contributed by atoms with E-state index in [1.165, 1.54) is 6.33 Å². The van der Waals surface area contributed by atoms with Crippen LogP contribution in [0.5, 0.6) is 0 Å². The van der Waals surface area contributed by atoms with Crippen LogP contribution in [0, 0.1) is 0 Å². The van der Waals surface area contributed by atoms with E-state index >= 15 is 0 Å². The van der Waals surface area contributed by atoms with Gasteiger partial charge in [0.15, 0.2) is 0 Å². The molecular formula is C16H19ClN6O2. The molecule has 8 nitrogen and oxygen atoms in total. The standard InChI is InChI=1S/C16H19ClN6O2/c17-14-5-2-1-4-12(14)9-22-10-13(8-16(22)25)19-15(24)6-3-7-23-11-18-20-21-23/h1-2,4-5,11,13H,3,6-10H2,(H,19,24). The molecule has 1 N–H and O–H groups in total. The second-order valence-electron chi connectivity index (χ2n) is 6.01. The Morgan fingerprint density at radius 2 is 2.20 bits per heavy atom. The van der Waals surface area contributed by atoms with Gasteiger partial charge in [-0.05, 0) is 28.5 Å². The Morgan fingerprint density at radius 1 is 1.36 bits per heavy atom. The summed E-state index contributed by atoms with van der Waals surface area (Å²) in [6.07, 6.45) is 2.85. The number of hydrogen-bond acceptors (Lipinski definition) is 5. The summed E-state index contributed by atoms with van der Waals surface area (Å²) < 4.78 is 1.58. The second kappa shape index (κ2) is 8.06. The first-order valence-corrected chi connectivity index (χ1v) is 8.51. The number of carbonyl (C=O) groups excluding carboxylic acids is 2. The summed E-state index contributed by atoms with van der Waals surface area (Å²) in [5.74, 6) is -0.0376. The van der Waals surface area contributed by atoms with Gasteiger partial charge in [-0.3, -0.25) is 9.59 Å². The van der Waals surface area contributed by atoms with Crippen molar-refractivity contribution in [2.75, 3.05) is 6.54 Å². The van der Waals surface area contributed by atoms with Crippen molar-refractivity contribution in [3.05, 3.63) is 41.2 Å². The van der Waals surface area contributed by atoms with Crippen LogP contribution in [-0.4, -0.2) is 49.5 Å². The molecule has 1 fully saturated rings. The molecule has 0 spiro atoms. The number of likely N-dealkylation sites (tertiary alicyclic amines) is 1. The maximum absolute atomic E-state index is 12.2. The van der Waals surface area contributed by atoms with Gasteiger partial charge in [0.05, 0.1) is 6.04 Å². The van der Waals surface area contributed by atoms with Crippen molar-refractivity contribution in [1.82, 2.24) is 30.4 Å². The first-order valence-electron chi connectivity index (χ1n) is 8.13. The van der Waals surface area contributed by atoms with Gasteiger partial charge in [0.25, 0.3) is 0 Å². The van der Waals surface area contributed by atoms with E-state index in [0.717, 1.165) is 5.56 Å². The topological polar surface area (TPSA) is 93.0 Å². The lowest BCUT2D eigenvalue weighted by atomic mass is 10.2. The third kappa shape index (κ3) is 4.76. The van der Waals surface area contributed by atoms with Crippen LogP contribution in [-0.2, 0) is 22.7 Å². The maximum atomic E-state index is 12.2. The molecule has 3 rings (SSSR count). The van der Waals surface area contributed by atoms with E-state index in [0.29, 0.717) is 43.9 Å². The molecule has 2 heterocycles. The van der Waals surface area contributed by atoms with Gasteiger partial charge in [-0.1, -0.05) is 29.8 Å². The van der Waals surface area contributed by atoms with Crippen LogP contribution in [0.3, 0.4) is 0 Å². The van der Waals surface area contributed by atoms with Crippen molar-refractivity contribution < 1.29 is 9.59 Å². The average Bonchev–Trinajstić information content (AvgIpc) is 3.20. The molecule has 1 aliphatic heterocycles. The number of tetrazole rings is 1. The Labute approximate surface area is 150 Å². The summed E-state index contributed by atoms with van der Waals surface area (Å²) in [5.41, 5.74) is 0.908. The minimum absolute atomic E-state index is 0.0268. The Morgan fingerprint density at radius 3 is 2.96 bits per heavy atom. The molecule has 1 unspecified atom stereocenters. The minimum atomic E-state index is -0.157. The number of benzene rings is 1. The number of nitrogens with zero attached hydrogens (tertiary/aromatic N) is 5. The largest absolute Gasteiger partial charge is 0.351 e. The number of hydrogen-bond donors (Lipinski definition) is 1. The molecule has 1 aromatic heterocycles. The minimum Gasteiger partial charge on any atom is -0.351 e. The highest BCUT2D eigenvalue weighted by Crippen LogP contribution is 2.20. The van der Waals surface area contributed by atoms with Crippen LogP contribution >= 0.6 is 11.6 Å². The second-order valence-corrected chi connectivity index (χ2v) is 6.42. The van der Waals surface area contributed by atoms with Crippen LogP contribution in [0.2, 0.25) is 5.02 Å². The highest BCUT2D eigenvalue weighted by molar-refractivity contribution is 6.31. The fourth-order valence-corrected chi connectivity index (χ4v) is 3.03. The van der Waals surface area contributed by atoms with Crippen molar-refractivity contribution >= 4 is 23.4 Å². The Bertz CT molecular complexity index is 736. The van der Waals surface area contributed by atoms with E-state index in [-0.39, 0.29) is 17.9 Å². The Balaban J connectivity index is 1.44. The quantitative estimate of drug-likeness (QED) is 0.793. The lowest BCUT2D eigenvalue weighted by Gasteiger charge is -2.18.